The predicted molar refractivity (Wildman–Crippen MR) is 137 cm³/mol. The summed E-state index contributed by atoms with van der Waals surface area (Å²) in [7, 11) is 3.40. The number of methoxy groups -OCH3 is 1. The van der Waals surface area contributed by atoms with Crippen LogP contribution in [0.25, 0.3) is 22.3 Å². The molecule has 0 spiro atoms. The van der Waals surface area contributed by atoms with Gasteiger partial charge in [0.05, 0.1) is 24.0 Å². The molecule has 2 aliphatic heterocycles. The molecular formula is C27H28FN6O3+. The second kappa shape index (κ2) is 8.74. The highest BCUT2D eigenvalue weighted by molar-refractivity contribution is 6.08. The third kappa shape index (κ3) is 3.67. The quantitative estimate of drug-likeness (QED) is 0.286. The number of hydrogen-bond donors (Lipinski definition) is 3. The van der Waals surface area contributed by atoms with Crippen LogP contribution in [-0.2, 0) is 7.05 Å². The first-order valence-corrected chi connectivity index (χ1v) is 12.2. The molecule has 2 aromatic carbocycles. The van der Waals surface area contributed by atoms with Crippen molar-refractivity contribution in [2.75, 3.05) is 30.4 Å². The Labute approximate surface area is 213 Å². The Balaban J connectivity index is 1.42. The molecule has 2 aromatic heterocycles. The fraction of sp³-hybridized carbons (Fsp3) is 0.296. The fourth-order valence-corrected chi connectivity index (χ4v) is 5.56. The maximum Gasteiger partial charge on any atom is 0.325 e. The summed E-state index contributed by atoms with van der Waals surface area (Å²) in [5, 5.41) is 17.5. The van der Waals surface area contributed by atoms with Gasteiger partial charge in [-0.2, -0.15) is 0 Å². The molecule has 6 rings (SSSR count). The number of anilines is 2. The Kier molecular flexibility index (Phi) is 5.49. The van der Waals surface area contributed by atoms with E-state index in [0.29, 0.717) is 22.5 Å². The number of nitrogens with one attached hydrogen (secondary N) is 2. The normalized spacial score (nSPS) is 18.5. The number of amides is 1. The first-order valence-electron chi connectivity index (χ1n) is 12.2. The minimum atomic E-state index is -0.573. The molecular weight excluding hydrogens is 475 g/mol. The van der Waals surface area contributed by atoms with Gasteiger partial charge in [0, 0.05) is 49.1 Å². The number of aryl methyl sites for hydroxylation is 2. The molecule has 2 bridgehead atoms. The molecule has 190 valence electrons. The van der Waals surface area contributed by atoms with Crippen LogP contribution in [-0.4, -0.2) is 52.9 Å². The van der Waals surface area contributed by atoms with Crippen molar-refractivity contribution in [1.29, 1.82) is 0 Å². The van der Waals surface area contributed by atoms with Crippen LogP contribution in [0.2, 0.25) is 0 Å². The fourth-order valence-electron chi connectivity index (χ4n) is 5.56. The summed E-state index contributed by atoms with van der Waals surface area (Å²) in [5.41, 5.74) is 3.40. The molecule has 37 heavy (non-hydrogen) atoms. The van der Waals surface area contributed by atoms with Crippen LogP contribution in [0.3, 0.4) is 0 Å². The van der Waals surface area contributed by atoms with E-state index < -0.39 is 11.7 Å². The van der Waals surface area contributed by atoms with Crippen LogP contribution < -0.4 is 25.0 Å². The van der Waals surface area contributed by atoms with Crippen LogP contribution in [0.15, 0.2) is 48.5 Å². The Morgan fingerprint density at radius 2 is 2.05 bits per heavy atom. The van der Waals surface area contributed by atoms with Crippen molar-refractivity contribution in [2.24, 2.45) is 7.05 Å². The lowest BCUT2D eigenvalue weighted by Crippen LogP contribution is -2.44. The Morgan fingerprint density at radius 1 is 1.24 bits per heavy atom. The van der Waals surface area contributed by atoms with Crippen molar-refractivity contribution in [3.05, 3.63) is 65.9 Å². The third-order valence-electron chi connectivity index (χ3n) is 7.49. The molecule has 3 N–H and O–H groups in total. The van der Waals surface area contributed by atoms with E-state index in [0.717, 1.165) is 42.1 Å². The average Bonchev–Trinajstić information content (AvgIpc) is 3.59. The van der Waals surface area contributed by atoms with Gasteiger partial charge in [0.15, 0.2) is 0 Å². The van der Waals surface area contributed by atoms with Crippen molar-refractivity contribution >= 4 is 28.3 Å². The molecule has 0 radical (unpaired) electrons. The summed E-state index contributed by atoms with van der Waals surface area (Å²) in [6.45, 7) is 3.66. The van der Waals surface area contributed by atoms with E-state index in [1.165, 1.54) is 31.4 Å². The summed E-state index contributed by atoms with van der Waals surface area (Å²) in [6, 6.07) is 13.5. The zero-order chi connectivity index (χ0) is 25.8. The Hall–Kier alpha value is -4.18. The van der Waals surface area contributed by atoms with Gasteiger partial charge in [0.2, 0.25) is 0 Å². The summed E-state index contributed by atoms with van der Waals surface area (Å²) in [5.74, 6) is 0.0179. The van der Waals surface area contributed by atoms with Crippen molar-refractivity contribution in [1.82, 2.24) is 14.9 Å². The zero-order valence-electron chi connectivity index (χ0n) is 20.8. The van der Waals surface area contributed by atoms with Gasteiger partial charge in [-0.25, -0.2) is 9.37 Å². The van der Waals surface area contributed by atoms with Crippen LogP contribution in [0.4, 0.5) is 15.8 Å². The first kappa shape index (κ1) is 23.2. The summed E-state index contributed by atoms with van der Waals surface area (Å²) < 4.78 is 22.8. The number of nitrogens with zero attached hydrogens (tertiary/aromatic N) is 4. The van der Waals surface area contributed by atoms with E-state index in [1.807, 2.05) is 30.7 Å². The Bertz CT molecular complexity index is 1550. The minimum absolute atomic E-state index is 0.0457. The minimum Gasteiger partial charge on any atom is -0.496 e. The topological polar surface area (TPSA) is 95.5 Å². The monoisotopic (exact) mass is 503 g/mol. The van der Waals surface area contributed by atoms with Gasteiger partial charge >= 0.3 is 11.6 Å². The maximum absolute atomic E-state index is 14.7. The number of benzene rings is 2. The summed E-state index contributed by atoms with van der Waals surface area (Å²) in [6.07, 6.45) is 1.04. The van der Waals surface area contributed by atoms with E-state index >= 15 is 0 Å². The van der Waals surface area contributed by atoms with Gasteiger partial charge in [0.1, 0.15) is 28.5 Å². The molecule has 2 aliphatic rings. The summed E-state index contributed by atoms with van der Waals surface area (Å²) >= 11 is 0. The van der Waals surface area contributed by atoms with Gasteiger partial charge in [-0.3, -0.25) is 10.0 Å². The van der Waals surface area contributed by atoms with Crippen LogP contribution in [0.5, 0.6) is 5.75 Å². The molecule has 1 amide bonds. The predicted octanol–water partition coefficient (Wildman–Crippen LogP) is 3.02. The van der Waals surface area contributed by atoms with Crippen LogP contribution >= 0.6 is 0 Å². The van der Waals surface area contributed by atoms with Gasteiger partial charge in [0.25, 0.3) is 5.69 Å². The van der Waals surface area contributed by atoms with E-state index in [9.17, 15) is 14.4 Å². The smallest absolute Gasteiger partial charge is 0.325 e. The maximum atomic E-state index is 14.7. The number of ether oxygens (including phenoxy) is 1. The van der Waals surface area contributed by atoms with Crippen molar-refractivity contribution < 1.29 is 23.9 Å². The number of rotatable bonds is 5. The number of carbonyl (C=O) groups is 1. The van der Waals surface area contributed by atoms with E-state index in [4.69, 9.17) is 9.72 Å². The van der Waals surface area contributed by atoms with E-state index in [2.05, 4.69) is 15.5 Å². The molecule has 0 saturated carbocycles. The highest BCUT2D eigenvalue weighted by Crippen LogP contribution is 2.40. The second-order valence-electron chi connectivity index (χ2n) is 9.57. The summed E-state index contributed by atoms with van der Waals surface area (Å²) in [4.78, 5) is 20.7. The average molecular weight is 504 g/mol. The van der Waals surface area contributed by atoms with Crippen LogP contribution in [0, 0.1) is 12.7 Å². The largest absolute Gasteiger partial charge is 0.496 e. The third-order valence-corrected chi connectivity index (χ3v) is 7.49. The molecule has 4 aromatic rings. The van der Waals surface area contributed by atoms with Gasteiger partial charge < -0.3 is 24.8 Å². The molecule has 0 aliphatic carbocycles. The number of carbonyl (C=O) groups excluding carboxylic acids is 1. The lowest BCUT2D eigenvalue weighted by atomic mass is 10.1. The van der Waals surface area contributed by atoms with Gasteiger partial charge in [-0.15, -0.1) is 0 Å². The Morgan fingerprint density at radius 3 is 2.78 bits per heavy atom. The number of pyridine rings is 1. The lowest BCUT2D eigenvalue weighted by Gasteiger charge is -2.31. The second-order valence-corrected chi connectivity index (χ2v) is 9.57. The zero-order valence-corrected chi connectivity index (χ0v) is 20.8. The van der Waals surface area contributed by atoms with Gasteiger partial charge in [-0.05, 0) is 43.7 Å². The molecule has 2 fully saturated rings. The van der Waals surface area contributed by atoms with Crippen molar-refractivity contribution in [3.8, 4) is 17.0 Å². The SMILES string of the molecule is COc1cccc(F)c1-c1cccc(C(=O)Nc2ccc3c(nc(C)n3C)c2N2C[C@@H]3C[C@H]2CN3)[n+]1O. The van der Waals surface area contributed by atoms with E-state index in [1.54, 1.807) is 12.1 Å². The number of fused-ring (bicyclic) bond motifs is 3. The molecule has 2 saturated heterocycles. The van der Waals surface area contributed by atoms with Crippen molar-refractivity contribution in [3.63, 3.8) is 0 Å². The molecule has 10 heteroatoms. The number of piperazine rings is 1. The first-order chi connectivity index (χ1) is 17.9. The number of aromatic nitrogens is 3. The highest BCUT2D eigenvalue weighted by atomic mass is 19.1. The van der Waals surface area contributed by atoms with Crippen molar-refractivity contribution in [2.45, 2.75) is 25.4 Å². The van der Waals surface area contributed by atoms with Crippen LogP contribution in [0.1, 0.15) is 22.7 Å². The standard InChI is InChI=1S/C27H27FN6O3/c1-15-30-25-21(32(15)2)11-10-19(26(25)33-14-16-12-17(33)13-29-16)31-27(35)22-8-5-7-20(34(22)36)24-18(28)6-4-9-23(24)37-3/h4-11,16-17,29H,12-14H2,1-3H3,(H-,31,35,36)/p+1/t16-,17-/m0/s1. The molecule has 4 heterocycles. The number of hydrogen-bond acceptors (Lipinski definition) is 6. The highest BCUT2D eigenvalue weighted by Gasteiger charge is 2.40. The number of halogens is 1. The number of imidazole rings is 1. The van der Waals surface area contributed by atoms with E-state index in [-0.39, 0.29) is 22.7 Å². The lowest BCUT2D eigenvalue weighted by molar-refractivity contribution is -0.897. The molecule has 2 atom stereocenters. The van der Waals surface area contributed by atoms with Gasteiger partial charge in [-0.1, -0.05) is 6.07 Å². The molecule has 9 nitrogen and oxygen atoms in total. The molecule has 0 unspecified atom stereocenters.